The van der Waals surface area contributed by atoms with E-state index in [2.05, 4.69) is 36.8 Å². The monoisotopic (exact) mass is 253 g/mol. The van der Waals surface area contributed by atoms with E-state index in [-0.39, 0.29) is 0 Å². The van der Waals surface area contributed by atoms with Crippen LogP contribution in [-0.2, 0) is 0 Å². The van der Waals surface area contributed by atoms with E-state index >= 15 is 0 Å². The van der Waals surface area contributed by atoms with E-state index in [1.165, 1.54) is 25.3 Å². The number of anilines is 1. The molecule has 1 aromatic rings. The molecular weight excluding hydrogens is 242 g/mol. The summed E-state index contributed by atoms with van der Waals surface area (Å²) in [5, 5.41) is 0. The summed E-state index contributed by atoms with van der Waals surface area (Å²) in [5.41, 5.74) is 1.25. The number of hydrogen-bond acceptors (Lipinski definition) is 3. The molecule has 14 heavy (non-hydrogen) atoms. The Morgan fingerprint density at radius 3 is 2.79 bits per heavy atom. The van der Waals surface area contributed by atoms with Crippen molar-refractivity contribution in [1.29, 1.82) is 0 Å². The van der Waals surface area contributed by atoms with E-state index < -0.39 is 0 Å². The van der Waals surface area contributed by atoms with Crippen LogP contribution in [0, 0.1) is 0 Å². The van der Waals surface area contributed by atoms with Crippen LogP contribution in [0.5, 0.6) is 0 Å². The van der Waals surface area contributed by atoms with Gasteiger partial charge >= 0.3 is 0 Å². The number of aromatic nitrogens is 1. The minimum absolute atomic E-state index is 0.722. The van der Waals surface area contributed by atoms with Crippen LogP contribution >= 0.6 is 15.9 Å². The molecule has 3 aliphatic heterocycles. The van der Waals surface area contributed by atoms with Crippen LogP contribution < -0.4 is 4.90 Å². The standard InChI is InChI=1S/C10H12BrN3/c11-8-3-9(5-12-4-8)14-2-1-13-6-10(14)7-13/h3-5,10H,1-2,6-7H2. The average molecular weight is 254 g/mol. The lowest BCUT2D eigenvalue weighted by molar-refractivity contribution is 0.110. The Bertz CT molecular complexity index is 346. The van der Waals surface area contributed by atoms with Gasteiger partial charge in [-0.05, 0) is 22.0 Å². The van der Waals surface area contributed by atoms with Crippen molar-refractivity contribution < 1.29 is 0 Å². The van der Waals surface area contributed by atoms with Gasteiger partial charge < -0.3 is 4.90 Å². The lowest BCUT2D eigenvalue weighted by atomic mass is 10.0. The predicted octanol–water partition coefficient (Wildman–Crippen LogP) is 1.35. The van der Waals surface area contributed by atoms with Gasteiger partial charge in [0.2, 0.25) is 0 Å². The molecule has 74 valence electrons. The third kappa shape index (κ3) is 1.33. The molecule has 0 atom stereocenters. The molecule has 3 saturated heterocycles. The summed E-state index contributed by atoms with van der Waals surface area (Å²) in [5.74, 6) is 0. The second kappa shape index (κ2) is 3.21. The molecule has 0 saturated carbocycles. The maximum Gasteiger partial charge on any atom is 0.0567 e. The van der Waals surface area contributed by atoms with Crippen molar-refractivity contribution in [2.45, 2.75) is 6.04 Å². The second-order valence-corrected chi connectivity index (χ2v) is 4.88. The molecule has 3 fully saturated rings. The molecule has 0 spiro atoms. The number of piperazine rings is 2. The number of nitrogens with zero attached hydrogens (tertiary/aromatic N) is 3. The van der Waals surface area contributed by atoms with Gasteiger partial charge in [-0.15, -0.1) is 0 Å². The number of hydrogen-bond donors (Lipinski definition) is 0. The molecule has 0 amide bonds. The maximum atomic E-state index is 4.21. The van der Waals surface area contributed by atoms with E-state index in [0.717, 1.165) is 17.1 Å². The first kappa shape index (κ1) is 8.68. The quantitative estimate of drug-likeness (QED) is 0.754. The molecule has 0 aromatic carbocycles. The fourth-order valence-corrected chi connectivity index (χ4v) is 2.60. The minimum Gasteiger partial charge on any atom is -0.363 e. The molecule has 3 aliphatic rings. The zero-order valence-electron chi connectivity index (χ0n) is 7.86. The average Bonchev–Trinajstić information content (AvgIpc) is 2.17. The molecule has 4 heteroatoms. The normalized spacial score (nSPS) is 29.9. The molecule has 3 nitrogen and oxygen atoms in total. The summed E-state index contributed by atoms with van der Waals surface area (Å²) >= 11 is 3.46. The van der Waals surface area contributed by atoms with Crippen LogP contribution in [0.2, 0.25) is 0 Å². The highest BCUT2D eigenvalue weighted by Gasteiger charge is 2.36. The zero-order chi connectivity index (χ0) is 9.54. The van der Waals surface area contributed by atoms with E-state index in [1.54, 1.807) is 0 Å². The summed E-state index contributed by atoms with van der Waals surface area (Å²) in [4.78, 5) is 9.17. The van der Waals surface area contributed by atoms with Crippen LogP contribution in [0.4, 0.5) is 5.69 Å². The predicted molar refractivity (Wildman–Crippen MR) is 59.5 cm³/mol. The SMILES string of the molecule is Brc1cncc(N2CCN3CC2C3)c1. The summed E-state index contributed by atoms with van der Waals surface area (Å²) in [6, 6.07) is 2.88. The number of halogens is 1. The largest absolute Gasteiger partial charge is 0.363 e. The molecule has 0 radical (unpaired) electrons. The molecule has 0 aliphatic carbocycles. The summed E-state index contributed by atoms with van der Waals surface area (Å²) in [7, 11) is 0. The number of fused-ring (bicyclic) bond motifs is 2. The van der Waals surface area contributed by atoms with Crippen LogP contribution in [-0.4, -0.2) is 42.1 Å². The van der Waals surface area contributed by atoms with Crippen molar-refractivity contribution in [2.24, 2.45) is 0 Å². The second-order valence-electron chi connectivity index (χ2n) is 3.97. The molecule has 4 rings (SSSR count). The highest BCUT2D eigenvalue weighted by molar-refractivity contribution is 9.10. The molecular formula is C10H12BrN3. The van der Waals surface area contributed by atoms with Gasteiger partial charge in [0.15, 0.2) is 0 Å². The highest BCUT2D eigenvalue weighted by Crippen LogP contribution is 2.27. The molecule has 2 bridgehead atoms. The van der Waals surface area contributed by atoms with E-state index in [4.69, 9.17) is 0 Å². The van der Waals surface area contributed by atoms with E-state index in [1.807, 2.05) is 12.4 Å². The van der Waals surface area contributed by atoms with E-state index in [0.29, 0.717) is 0 Å². The zero-order valence-corrected chi connectivity index (χ0v) is 9.44. The van der Waals surface area contributed by atoms with Gasteiger partial charge in [-0.25, -0.2) is 0 Å². The van der Waals surface area contributed by atoms with Gasteiger partial charge in [-0.3, -0.25) is 9.88 Å². The first-order chi connectivity index (χ1) is 6.83. The Labute approximate surface area is 91.9 Å². The van der Waals surface area contributed by atoms with Crippen molar-refractivity contribution in [3.05, 3.63) is 22.9 Å². The summed E-state index contributed by atoms with van der Waals surface area (Å²) in [6.45, 7) is 4.80. The van der Waals surface area contributed by atoms with Gasteiger partial charge in [0.25, 0.3) is 0 Å². The Morgan fingerprint density at radius 2 is 2.14 bits per heavy atom. The van der Waals surface area contributed by atoms with E-state index in [9.17, 15) is 0 Å². The smallest absolute Gasteiger partial charge is 0.0567 e. The lowest BCUT2D eigenvalue weighted by Gasteiger charge is -2.52. The summed E-state index contributed by atoms with van der Waals surface area (Å²) < 4.78 is 1.07. The highest BCUT2D eigenvalue weighted by atomic mass is 79.9. The van der Waals surface area contributed by atoms with Crippen LogP contribution in [0.25, 0.3) is 0 Å². The molecule has 0 N–H and O–H groups in total. The first-order valence-electron chi connectivity index (χ1n) is 4.92. The maximum absolute atomic E-state index is 4.21. The van der Waals surface area contributed by atoms with Crippen molar-refractivity contribution in [3.63, 3.8) is 0 Å². The molecule has 0 unspecified atom stereocenters. The Kier molecular flexibility index (Phi) is 1.99. The lowest BCUT2D eigenvalue weighted by Crippen LogP contribution is -2.66. The van der Waals surface area contributed by atoms with Gasteiger partial charge in [0.1, 0.15) is 0 Å². The third-order valence-corrected chi connectivity index (χ3v) is 3.49. The van der Waals surface area contributed by atoms with Crippen molar-refractivity contribution in [2.75, 3.05) is 31.1 Å². The number of pyridine rings is 1. The summed E-state index contributed by atoms with van der Waals surface area (Å²) in [6.07, 6.45) is 3.79. The Balaban J connectivity index is 1.87. The Morgan fingerprint density at radius 1 is 1.29 bits per heavy atom. The first-order valence-corrected chi connectivity index (χ1v) is 5.72. The van der Waals surface area contributed by atoms with Gasteiger partial charge in [-0.1, -0.05) is 0 Å². The van der Waals surface area contributed by atoms with Gasteiger partial charge in [0, 0.05) is 36.8 Å². The van der Waals surface area contributed by atoms with Crippen LogP contribution in [0.1, 0.15) is 0 Å². The van der Waals surface area contributed by atoms with Gasteiger partial charge in [-0.2, -0.15) is 0 Å². The Hall–Kier alpha value is -0.610. The molecule has 1 aromatic heterocycles. The molecule has 4 heterocycles. The fourth-order valence-electron chi connectivity index (χ4n) is 2.25. The van der Waals surface area contributed by atoms with Crippen LogP contribution in [0.3, 0.4) is 0 Å². The minimum atomic E-state index is 0.722. The van der Waals surface area contributed by atoms with Crippen molar-refractivity contribution in [3.8, 4) is 0 Å². The topological polar surface area (TPSA) is 19.4 Å². The van der Waals surface area contributed by atoms with Gasteiger partial charge in [0.05, 0.1) is 17.9 Å². The van der Waals surface area contributed by atoms with Crippen molar-refractivity contribution in [1.82, 2.24) is 9.88 Å². The number of rotatable bonds is 1. The fraction of sp³-hybridized carbons (Fsp3) is 0.500. The van der Waals surface area contributed by atoms with Crippen molar-refractivity contribution >= 4 is 21.6 Å². The van der Waals surface area contributed by atoms with Crippen LogP contribution in [0.15, 0.2) is 22.9 Å². The third-order valence-electron chi connectivity index (χ3n) is 3.06.